The minimum atomic E-state index is -3.47. The molecule has 4 rings (SSSR count). The predicted molar refractivity (Wildman–Crippen MR) is 113 cm³/mol. The van der Waals surface area contributed by atoms with Crippen LogP contribution in [0.3, 0.4) is 0 Å². The van der Waals surface area contributed by atoms with Crippen molar-refractivity contribution in [2.24, 2.45) is 0 Å². The van der Waals surface area contributed by atoms with Gasteiger partial charge in [0.15, 0.2) is 5.01 Å². The minimum absolute atomic E-state index is 0.0447. The van der Waals surface area contributed by atoms with Crippen LogP contribution in [0.5, 0.6) is 5.75 Å². The molecule has 0 radical (unpaired) electrons. The quantitative estimate of drug-likeness (QED) is 0.648. The van der Waals surface area contributed by atoms with Gasteiger partial charge in [-0.1, -0.05) is 18.2 Å². The summed E-state index contributed by atoms with van der Waals surface area (Å²) in [6.45, 7) is 0.810. The van der Waals surface area contributed by atoms with Crippen LogP contribution in [0.4, 0.5) is 0 Å². The van der Waals surface area contributed by atoms with Crippen molar-refractivity contribution in [1.29, 1.82) is 0 Å². The molecule has 3 aromatic rings. The van der Waals surface area contributed by atoms with Crippen LogP contribution >= 0.6 is 11.3 Å². The third kappa shape index (κ3) is 4.26. The monoisotopic (exact) mass is 431 g/mol. The Balaban J connectivity index is 1.35. The maximum atomic E-state index is 12.7. The number of nitrogens with one attached hydrogen (secondary N) is 1. The summed E-state index contributed by atoms with van der Waals surface area (Å²) in [6.07, 6.45) is 0.643. The molecule has 7 nitrogen and oxygen atoms in total. The molecule has 0 atom stereocenters. The maximum Gasteiger partial charge on any atom is 0.280 e. The van der Waals surface area contributed by atoms with E-state index in [1.165, 1.54) is 15.6 Å². The third-order valence-corrected chi connectivity index (χ3v) is 7.77. The zero-order valence-corrected chi connectivity index (χ0v) is 17.6. The van der Waals surface area contributed by atoms with Crippen molar-refractivity contribution < 1.29 is 17.9 Å². The molecule has 0 saturated heterocycles. The summed E-state index contributed by atoms with van der Waals surface area (Å²) in [5.74, 6) is 0.282. The lowest BCUT2D eigenvalue weighted by molar-refractivity contribution is 0.0956. The minimum Gasteiger partial charge on any atom is -0.497 e. The number of para-hydroxylation sites is 1. The first-order valence-corrected chi connectivity index (χ1v) is 11.7. The zero-order valence-electron chi connectivity index (χ0n) is 15.9. The Hall–Kier alpha value is -2.49. The fourth-order valence-corrected chi connectivity index (χ4v) is 5.54. The summed E-state index contributed by atoms with van der Waals surface area (Å²) in [5, 5.41) is 3.01. The van der Waals surface area contributed by atoms with Crippen molar-refractivity contribution in [1.82, 2.24) is 14.6 Å². The van der Waals surface area contributed by atoms with Crippen LogP contribution in [-0.2, 0) is 23.0 Å². The molecule has 0 saturated carbocycles. The van der Waals surface area contributed by atoms with Crippen LogP contribution in [0.15, 0.2) is 42.5 Å². The second-order valence-corrected chi connectivity index (χ2v) is 9.90. The van der Waals surface area contributed by atoms with E-state index >= 15 is 0 Å². The highest BCUT2D eigenvalue weighted by molar-refractivity contribution is 7.89. The molecule has 9 heteroatoms. The number of thiazole rings is 1. The molecule has 1 amide bonds. The smallest absolute Gasteiger partial charge is 0.280 e. The van der Waals surface area contributed by atoms with E-state index in [1.807, 2.05) is 42.5 Å². The topological polar surface area (TPSA) is 88.6 Å². The standard InChI is InChI=1S/C20H21N3O4S2/c1-27-16-7-6-15-13-23(10-8-14(15)12-16)29(25,26)11-9-21-19(24)20-22-17-4-2-3-5-18(17)28-20/h2-7,12H,8-11,13H2,1H3,(H,21,24). The first kappa shape index (κ1) is 19.8. The summed E-state index contributed by atoms with van der Waals surface area (Å²) >= 11 is 1.29. The molecular formula is C20H21N3O4S2. The zero-order chi connectivity index (χ0) is 20.4. The van der Waals surface area contributed by atoms with Crippen LogP contribution in [0, 0.1) is 0 Å². The molecule has 1 aliphatic rings. The number of hydrogen-bond donors (Lipinski definition) is 1. The molecule has 2 heterocycles. The van der Waals surface area contributed by atoms with Gasteiger partial charge in [-0.05, 0) is 41.8 Å². The summed E-state index contributed by atoms with van der Waals surface area (Å²) in [6, 6.07) is 13.2. The SMILES string of the molecule is COc1ccc2c(c1)CCN(S(=O)(=O)CCNC(=O)c1nc3ccccc3s1)C2. The normalized spacial score (nSPS) is 14.5. The molecular weight excluding hydrogens is 410 g/mol. The lowest BCUT2D eigenvalue weighted by Gasteiger charge is -2.28. The number of aromatic nitrogens is 1. The molecule has 0 fully saturated rings. The van der Waals surface area contributed by atoms with Gasteiger partial charge in [0.25, 0.3) is 5.91 Å². The Kier molecular flexibility index (Phi) is 5.53. The average molecular weight is 432 g/mol. The van der Waals surface area contributed by atoms with Crippen LogP contribution in [0.25, 0.3) is 10.2 Å². The van der Waals surface area contributed by atoms with Gasteiger partial charge in [0.1, 0.15) is 5.75 Å². The number of benzene rings is 2. The molecule has 2 aromatic carbocycles. The van der Waals surface area contributed by atoms with Gasteiger partial charge in [0, 0.05) is 19.6 Å². The number of carbonyl (C=O) groups is 1. The van der Waals surface area contributed by atoms with Crippen molar-refractivity contribution in [3.63, 3.8) is 0 Å². The molecule has 152 valence electrons. The predicted octanol–water partition coefficient (Wildman–Crippen LogP) is 2.42. The Bertz CT molecular complexity index is 1120. The van der Waals surface area contributed by atoms with Gasteiger partial charge in [-0.3, -0.25) is 4.79 Å². The first-order valence-electron chi connectivity index (χ1n) is 9.24. The van der Waals surface area contributed by atoms with Crippen molar-refractivity contribution >= 4 is 37.5 Å². The van der Waals surface area contributed by atoms with E-state index in [2.05, 4.69) is 10.3 Å². The van der Waals surface area contributed by atoms with Gasteiger partial charge in [0.05, 0.1) is 23.1 Å². The van der Waals surface area contributed by atoms with Crippen molar-refractivity contribution in [3.05, 3.63) is 58.6 Å². The van der Waals surface area contributed by atoms with Gasteiger partial charge in [0.2, 0.25) is 10.0 Å². The van der Waals surface area contributed by atoms with Crippen molar-refractivity contribution in [2.45, 2.75) is 13.0 Å². The number of nitrogens with zero attached hydrogens (tertiary/aromatic N) is 2. The number of hydrogen-bond acceptors (Lipinski definition) is 6. The largest absolute Gasteiger partial charge is 0.497 e. The number of amides is 1. The van der Waals surface area contributed by atoms with Crippen LogP contribution in [0.2, 0.25) is 0 Å². The fourth-order valence-electron chi connectivity index (χ4n) is 3.34. The summed E-state index contributed by atoms with van der Waals surface area (Å²) in [4.78, 5) is 16.6. The highest BCUT2D eigenvalue weighted by atomic mass is 32.2. The Labute approximate surface area is 173 Å². The fraction of sp³-hybridized carbons (Fsp3) is 0.300. The van der Waals surface area contributed by atoms with Crippen molar-refractivity contribution in [2.75, 3.05) is 26.0 Å². The molecule has 1 aliphatic heterocycles. The summed E-state index contributed by atoms with van der Waals surface area (Å²) in [7, 11) is -1.86. The van der Waals surface area contributed by atoms with Gasteiger partial charge in [-0.25, -0.2) is 13.4 Å². The molecule has 0 unspecified atom stereocenters. The van der Waals surface area contributed by atoms with E-state index < -0.39 is 10.0 Å². The number of carbonyl (C=O) groups excluding carboxylic acids is 1. The summed E-state index contributed by atoms with van der Waals surface area (Å²) < 4.78 is 33.1. The molecule has 1 N–H and O–H groups in total. The van der Waals surface area contributed by atoms with E-state index in [1.54, 1.807) is 7.11 Å². The Morgan fingerprint density at radius 3 is 2.86 bits per heavy atom. The van der Waals surface area contributed by atoms with Crippen LogP contribution in [-0.4, -0.2) is 49.6 Å². The number of sulfonamides is 1. The lowest BCUT2D eigenvalue weighted by Crippen LogP contribution is -2.40. The van der Waals surface area contributed by atoms with Gasteiger partial charge in [-0.2, -0.15) is 4.31 Å². The van der Waals surface area contributed by atoms with Crippen LogP contribution in [0.1, 0.15) is 20.9 Å². The van der Waals surface area contributed by atoms with E-state index in [0.29, 0.717) is 24.5 Å². The van der Waals surface area contributed by atoms with E-state index in [9.17, 15) is 13.2 Å². The van der Waals surface area contributed by atoms with Gasteiger partial charge in [-0.15, -0.1) is 11.3 Å². The molecule has 0 aliphatic carbocycles. The highest BCUT2D eigenvalue weighted by Gasteiger charge is 2.27. The third-order valence-electron chi connectivity index (χ3n) is 4.92. The summed E-state index contributed by atoms with van der Waals surface area (Å²) in [5.41, 5.74) is 2.86. The number of methoxy groups -OCH3 is 1. The van der Waals surface area contributed by atoms with Crippen molar-refractivity contribution in [3.8, 4) is 5.75 Å². The maximum absolute atomic E-state index is 12.7. The van der Waals surface area contributed by atoms with E-state index in [0.717, 1.165) is 27.1 Å². The first-order chi connectivity index (χ1) is 14.0. The van der Waals surface area contributed by atoms with E-state index in [-0.39, 0.29) is 18.2 Å². The second-order valence-electron chi connectivity index (χ2n) is 6.78. The Morgan fingerprint density at radius 1 is 1.24 bits per heavy atom. The van der Waals surface area contributed by atoms with Gasteiger partial charge >= 0.3 is 0 Å². The van der Waals surface area contributed by atoms with Crippen LogP contribution < -0.4 is 10.1 Å². The van der Waals surface area contributed by atoms with Gasteiger partial charge < -0.3 is 10.1 Å². The number of ether oxygens (including phenoxy) is 1. The highest BCUT2D eigenvalue weighted by Crippen LogP contribution is 2.25. The Morgan fingerprint density at radius 2 is 2.07 bits per heavy atom. The number of rotatable bonds is 6. The second kappa shape index (κ2) is 8.10. The molecule has 29 heavy (non-hydrogen) atoms. The molecule has 0 bridgehead atoms. The number of fused-ring (bicyclic) bond motifs is 2. The average Bonchev–Trinajstić information content (AvgIpc) is 3.17. The molecule has 0 spiro atoms. The van der Waals surface area contributed by atoms with E-state index in [4.69, 9.17) is 4.74 Å². The molecule has 1 aromatic heterocycles. The lowest BCUT2D eigenvalue weighted by atomic mass is 10.0.